The topological polar surface area (TPSA) is 37.0 Å². The van der Waals surface area contributed by atoms with Crippen LogP contribution < -0.4 is 10.6 Å². The van der Waals surface area contributed by atoms with Crippen LogP contribution in [0.5, 0.6) is 0 Å². The summed E-state index contributed by atoms with van der Waals surface area (Å²) in [6, 6.07) is 6.92. The van der Waals surface area contributed by atoms with Crippen LogP contribution in [0.1, 0.15) is 44.0 Å². The van der Waals surface area contributed by atoms with E-state index in [1.165, 1.54) is 23.2 Å². The summed E-state index contributed by atoms with van der Waals surface area (Å²) in [6.45, 7) is 9.82. The van der Waals surface area contributed by atoms with E-state index in [4.69, 9.17) is 4.98 Å². The Labute approximate surface area is 138 Å². The third-order valence-corrected chi connectivity index (χ3v) is 4.59. The first-order chi connectivity index (χ1) is 10.6. The van der Waals surface area contributed by atoms with Crippen molar-refractivity contribution in [1.29, 1.82) is 0 Å². The molecule has 2 rings (SSSR count). The summed E-state index contributed by atoms with van der Waals surface area (Å²) in [5, 5.41) is 10.2. The van der Waals surface area contributed by atoms with Gasteiger partial charge in [0, 0.05) is 23.5 Å². The van der Waals surface area contributed by atoms with Crippen molar-refractivity contribution in [2.45, 2.75) is 53.0 Å². The summed E-state index contributed by atoms with van der Waals surface area (Å²) in [7, 11) is 0. The number of rotatable bonds is 8. The Kier molecular flexibility index (Phi) is 6.40. The first-order valence-electron chi connectivity index (χ1n) is 8.17. The molecular weight excluding hydrogens is 290 g/mol. The highest BCUT2D eigenvalue weighted by molar-refractivity contribution is 7.13. The predicted molar refractivity (Wildman–Crippen MR) is 97.4 cm³/mol. The normalized spacial score (nSPS) is 12.4. The maximum Gasteiger partial charge on any atom is 0.187 e. The molecule has 0 spiro atoms. The molecule has 1 unspecified atom stereocenters. The highest BCUT2D eigenvalue weighted by Gasteiger charge is 2.09. The van der Waals surface area contributed by atoms with E-state index in [-0.39, 0.29) is 0 Å². The number of para-hydroxylation sites is 1. The highest BCUT2D eigenvalue weighted by atomic mass is 32.1. The van der Waals surface area contributed by atoms with Crippen LogP contribution in [0.25, 0.3) is 0 Å². The van der Waals surface area contributed by atoms with E-state index in [9.17, 15) is 0 Å². The predicted octanol–water partition coefficient (Wildman–Crippen LogP) is 4.69. The van der Waals surface area contributed by atoms with E-state index in [2.05, 4.69) is 61.9 Å². The van der Waals surface area contributed by atoms with Crippen molar-refractivity contribution in [2.24, 2.45) is 0 Å². The van der Waals surface area contributed by atoms with Crippen LogP contribution in [-0.2, 0) is 12.8 Å². The third kappa shape index (κ3) is 4.55. The van der Waals surface area contributed by atoms with Gasteiger partial charge < -0.3 is 10.6 Å². The fraction of sp³-hybridized carbons (Fsp3) is 0.500. The monoisotopic (exact) mass is 317 g/mol. The maximum absolute atomic E-state index is 4.74. The zero-order valence-electron chi connectivity index (χ0n) is 14.1. The Morgan fingerprint density at radius 3 is 2.82 bits per heavy atom. The quantitative estimate of drug-likeness (QED) is 0.742. The van der Waals surface area contributed by atoms with Crippen LogP contribution in [0, 0.1) is 6.92 Å². The van der Waals surface area contributed by atoms with Gasteiger partial charge in [-0.15, -0.1) is 11.3 Å². The SMILES string of the molecule is CCCNC(C)Cc1csc(Nc2c(C)cccc2CC)n1. The molecule has 0 fully saturated rings. The van der Waals surface area contributed by atoms with Gasteiger partial charge in [0.05, 0.1) is 5.69 Å². The number of nitrogens with zero attached hydrogens (tertiary/aromatic N) is 1. The van der Waals surface area contributed by atoms with Gasteiger partial charge in [-0.25, -0.2) is 4.98 Å². The summed E-state index contributed by atoms with van der Waals surface area (Å²) in [5.74, 6) is 0. The molecule has 0 saturated carbocycles. The Morgan fingerprint density at radius 1 is 1.27 bits per heavy atom. The van der Waals surface area contributed by atoms with Gasteiger partial charge in [0.2, 0.25) is 0 Å². The summed E-state index contributed by atoms with van der Waals surface area (Å²) >= 11 is 1.69. The molecule has 1 heterocycles. The Morgan fingerprint density at radius 2 is 2.09 bits per heavy atom. The van der Waals surface area contributed by atoms with Crippen LogP contribution in [0.2, 0.25) is 0 Å². The van der Waals surface area contributed by atoms with Gasteiger partial charge in [0.1, 0.15) is 0 Å². The molecule has 0 aliphatic carbocycles. The molecule has 2 N–H and O–H groups in total. The second-order valence-corrected chi connectivity index (χ2v) is 6.65. The number of benzene rings is 1. The van der Waals surface area contributed by atoms with Gasteiger partial charge in [-0.2, -0.15) is 0 Å². The number of aryl methyl sites for hydroxylation is 2. The molecule has 2 aromatic rings. The van der Waals surface area contributed by atoms with Gasteiger partial charge in [-0.05, 0) is 44.4 Å². The fourth-order valence-electron chi connectivity index (χ4n) is 2.54. The number of hydrogen-bond donors (Lipinski definition) is 2. The van der Waals surface area contributed by atoms with E-state index >= 15 is 0 Å². The van der Waals surface area contributed by atoms with Crippen molar-refractivity contribution < 1.29 is 0 Å². The zero-order chi connectivity index (χ0) is 15.9. The average molecular weight is 318 g/mol. The van der Waals surface area contributed by atoms with Crippen LogP contribution in [0.3, 0.4) is 0 Å². The van der Waals surface area contributed by atoms with E-state index in [0.29, 0.717) is 6.04 Å². The molecule has 1 aromatic heterocycles. The molecule has 0 amide bonds. The number of aromatic nitrogens is 1. The minimum atomic E-state index is 0.472. The fourth-order valence-corrected chi connectivity index (χ4v) is 3.27. The van der Waals surface area contributed by atoms with Crippen LogP contribution >= 0.6 is 11.3 Å². The van der Waals surface area contributed by atoms with Gasteiger partial charge >= 0.3 is 0 Å². The number of hydrogen-bond acceptors (Lipinski definition) is 4. The van der Waals surface area contributed by atoms with Crippen LogP contribution in [0.15, 0.2) is 23.6 Å². The smallest absolute Gasteiger partial charge is 0.187 e. The van der Waals surface area contributed by atoms with E-state index in [1.807, 2.05) is 0 Å². The lowest BCUT2D eigenvalue weighted by Crippen LogP contribution is -2.28. The maximum atomic E-state index is 4.74. The molecule has 120 valence electrons. The van der Waals surface area contributed by atoms with Crippen molar-refractivity contribution in [3.8, 4) is 0 Å². The lowest BCUT2D eigenvalue weighted by atomic mass is 10.1. The molecular formula is C18H27N3S. The summed E-state index contributed by atoms with van der Waals surface area (Å²) in [6.07, 6.45) is 3.17. The van der Waals surface area contributed by atoms with Gasteiger partial charge in [0.15, 0.2) is 5.13 Å². The second-order valence-electron chi connectivity index (χ2n) is 5.79. The van der Waals surface area contributed by atoms with Gasteiger partial charge in [0.25, 0.3) is 0 Å². The van der Waals surface area contributed by atoms with Gasteiger partial charge in [-0.3, -0.25) is 0 Å². The standard InChI is InChI=1S/C18H27N3S/c1-5-10-19-14(4)11-16-12-22-18(20-16)21-17-13(3)8-7-9-15(17)6-2/h7-9,12,14,19H,5-6,10-11H2,1-4H3,(H,20,21). The van der Waals surface area contributed by atoms with Crippen molar-refractivity contribution >= 4 is 22.2 Å². The first-order valence-corrected chi connectivity index (χ1v) is 9.05. The van der Waals surface area contributed by atoms with Gasteiger partial charge in [-0.1, -0.05) is 32.0 Å². The zero-order valence-corrected chi connectivity index (χ0v) is 14.9. The summed E-state index contributed by atoms with van der Waals surface area (Å²) in [5.41, 5.74) is 4.99. The molecule has 0 radical (unpaired) electrons. The average Bonchev–Trinajstić information content (AvgIpc) is 2.94. The van der Waals surface area contributed by atoms with Crippen molar-refractivity contribution in [1.82, 2.24) is 10.3 Å². The third-order valence-electron chi connectivity index (χ3n) is 3.78. The molecule has 22 heavy (non-hydrogen) atoms. The van der Waals surface area contributed by atoms with Crippen molar-refractivity contribution in [3.63, 3.8) is 0 Å². The molecule has 0 aliphatic heterocycles. The van der Waals surface area contributed by atoms with Crippen molar-refractivity contribution in [2.75, 3.05) is 11.9 Å². The molecule has 3 nitrogen and oxygen atoms in total. The van der Waals surface area contributed by atoms with Crippen molar-refractivity contribution in [3.05, 3.63) is 40.4 Å². The van der Waals surface area contributed by atoms with Crippen LogP contribution in [-0.4, -0.2) is 17.6 Å². The number of nitrogens with one attached hydrogen (secondary N) is 2. The number of thiazole rings is 1. The Bertz CT molecular complexity index is 592. The first kappa shape index (κ1) is 17.0. The molecule has 1 aromatic carbocycles. The largest absolute Gasteiger partial charge is 0.331 e. The van der Waals surface area contributed by atoms with E-state index in [0.717, 1.165) is 30.2 Å². The molecule has 4 heteroatoms. The number of anilines is 2. The Balaban J connectivity index is 2.03. The van der Waals surface area contributed by atoms with E-state index in [1.54, 1.807) is 11.3 Å². The summed E-state index contributed by atoms with van der Waals surface area (Å²) in [4.78, 5) is 4.74. The van der Waals surface area contributed by atoms with E-state index < -0.39 is 0 Å². The minimum Gasteiger partial charge on any atom is -0.331 e. The molecule has 1 atom stereocenters. The lowest BCUT2D eigenvalue weighted by Gasteiger charge is -2.12. The minimum absolute atomic E-state index is 0.472. The van der Waals surface area contributed by atoms with Crippen LogP contribution in [0.4, 0.5) is 10.8 Å². The highest BCUT2D eigenvalue weighted by Crippen LogP contribution is 2.27. The molecule has 0 bridgehead atoms. The Hall–Kier alpha value is -1.39. The lowest BCUT2D eigenvalue weighted by molar-refractivity contribution is 0.540. The molecule has 0 saturated heterocycles. The second kappa shape index (κ2) is 8.30. The summed E-state index contributed by atoms with van der Waals surface area (Å²) < 4.78 is 0. The molecule has 0 aliphatic rings.